The minimum atomic E-state index is -0.297. The Bertz CT molecular complexity index is 768. The van der Waals surface area contributed by atoms with Gasteiger partial charge in [0.25, 0.3) is 0 Å². The highest BCUT2D eigenvalue weighted by molar-refractivity contribution is 5.76. The van der Waals surface area contributed by atoms with Crippen molar-refractivity contribution in [2.45, 2.75) is 63.8 Å². The zero-order chi connectivity index (χ0) is 18.6. The molecular formula is C21H26FN3O2. The Morgan fingerprint density at radius 2 is 1.85 bits per heavy atom. The monoisotopic (exact) mass is 371 g/mol. The predicted octanol–water partition coefficient (Wildman–Crippen LogP) is 4.90. The molecule has 0 N–H and O–H groups in total. The fourth-order valence-electron chi connectivity index (χ4n) is 4.34. The molecule has 0 radical (unpaired) electrons. The number of carbonyl (C=O) groups is 1. The van der Waals surface area contributed by atoms with Gasteiger partial charge in [0, 0.05) is 18.5 Å². The molecule has 144 valence electrons. The summed E-state index contributed by atoms with van der Waals surface area (Å²) in [7, 11) is 0. The molecule has 5 nitrogen and oxygen atoms in total. The summed E-state index contributed by atoms with van der Waals surface area (Å²) >= 11 is 0. The molecule has 1 aliphatic carbocycles. The maximum Gasteiger partial charge on any atom is 0.249 e. The minimum Gasteiger partial charge on any atom is -0.337 e. The van der Waals surface area contributed by atoms with E-state index in [0.717, 1.165) is 32.2 Å². The van der Waals surface area contributed by atoms with Crippen molar-refractivity contribution in [3.63, 3.8) is 0 Å². The lowest BCUT2D eigenvalue weighted by Crippen LogP contribution is -2.38. The number of nitrogens with zero attached hydrogens (tertiary/aromatic N) is 3. The van der Waals surface area contributed by atoms with Crippen LogP contribution < -0.4 is 0 Å². The highest BCUT2D eigenvalue weighted by Crippen LogP contribution is 2.33. The molecule has 1 saturated heterocycles. The maximum atomic E-state index is 13.1. The summed E-state index contributed by atoms with van der Waals surface area (Å²) in [6.45, 7) is 0.752. The second-order valence-electron chi connectivity index (χ2n) is 7.75. The van der Waals surface area contributed by atoms with Crippen LogP contribution >= 0.6 is 0 Å². The van der Waals surface area contributed by atoms with Crippen molar-refractivity contribution in [1.82, 2.24) is 15.0 Å². The number of carbonyl (C=O) groups excluding carboxylic acids is 1. The Morgan fingerprint density at radius 1 is 1.11 bits per heavy atom. The number of halogens is 1. The van der Waals surface area contributed by atoms with Gasteiger partial charge < -0.3 is 9.42 Å². The molecule has 0 bridgehead atoms. The van der Waals surface area contributed by atoms with Crippen LogP contribution in [0.15, 0.2) is 28.8 Å². The van der Waals surface area contributed by atoms with E-state index in [1.165, 1.54) is 37.8 Å². The molecule has 1 aromatic heterocycles. The summed E-state index contributed by atoms with van der Waals surface area (Å²) in [5, 5.41) is 4.05. The van der Waals surface area contributed by atoms with Crippen molar-refractivity contribution in [3.05, 3.63) is 36.0 Å². The van der Waals surface area contributed by atoms with Gasteiger partial charge >= 0.3 is 0 Å². The van der Waals surface area contributed by atoms with Gasteiger partial charge in [-0.05, 0) is 55.9 Å². The second-order valence-corrected chi connectivity index (χ2v) is 7.75. The van der Waals surface area contributed by atoms with Crippen LogP contribution in [0.1, 0.15) is 69.7 Å². The molecule has 6 heteroatoms. The quantitative estimate of drug-likeness (QED) is 0.750. The van der Waals surface area contributed by atoms with Gasteiger partial charge in [0.05, 0.1) is 0 Å². The highest BCUT2D eigenvalue weighted by Gasteiger charge is 2.32. The molecule has 1 aromatic carbocycles. The van der Waals surface area contributed by atoms with Crippen LogP contribution in [-0.2, 0) is 4.79 Å². The smallest absolute Gasteiger partial charge is 0.249 e. The number of hydrogen-bond acceptors (Lipinski definition) is 4. The van der Waals surface area contributed by atoms with Gasteiger partial charge in [-0.3, -0.25) is 4.79 Å². The number of aromatic nitrogens is 2. The van der Waals surface area contributed by atoms with Crippen LogP contribution in [0.5, 0.6) is 0 Å². The number of likely N-dealkylation sites (tertiary alicyclic amines) is 1. The van der Waals surface area contributed by atoms with Crippen molar-refractivity contribution in [3.8, 4) is 11.4 Å². The molecule has 2 fully saturated rings. The van der Waals surface area contributed by atoms with Crippen molar-refractivity contribution in [2.24, 2.45) is 5.92 Å². The first-order valence-electron chi connectivity index (χ1n) is 10.1. The summed E-state index contributed by atoms with van der Waals surface area (Å²) < 4.78 is 18.6. The van der Waals surface area contributed by atoms with Crippen molar-refractivity contribution in [2.75, 3.05) is 6.54 Å². The minimum absolute atomic E-state index is 0.142. The normalized spacial score (nSPS) is 20.9. The molecule has 2 aliphatic rings. The Labute approximate surface area is 158 Å². The van der Waals surface area contributed by atoms with Crippen LogP contribution in [0.4, 0.5) is 4.39 Å². The van der Waals surface area contributed by atoms with Crippen LogP contribution in [-0.4, -0.2) is 27.5 Å². The number of rotatable bonds is 5. The molecule has 1 aliphatic heterocycles. The molecule has 1 atom stereocenters. The molecule has 2 aromatic rings. The van der Waals surface area contributed by atoms with E-state index in [0.29, 0.717) is 29.6 Å². The molecule has 4 rings (SSSR count). The molecule has 1 amide bonds. The van der Waals surface area contributed by atoms with E-state index < -0.39 is 0 Å². The van der Waals surface area contributed by atoms with Crippen molar-refractivity contribution in [1.29, 1.82) is 0 Å². The molecule has 1 unspecified atom stereocenters. The first kappa shape index (κ1) is 18.1. The van der Waals surface area contributed by atoms with E-state index >= 15 is 0 Å². The molecule has 1 saturated carbocycles. The zero-order valence-electron chi connectivity index (χ0n) is 15.6. The van der Waals surface area contributed by atoms with Crippen LogP contribution in [0.25, 0.3) is 11.4 Å². The lowest BCUT2D eigenvalue weighted by Gasteiger charge is -2.33. The topological polar surface area (TPSA) is 59.2 Å². The standard InChI is InChI=1S/C21H26FN3O2/c22-17-11-9-16(10-12-17)20-23-21(27-24-20)18-7-3-4-14-25(18)19(26)13-8-15-5-1-2-6-15/h9-12,15,18H,1-8,13-14H2. The lowest BCUT2D eigenvalue weighted by atomic mass is 9.98. The molecule has 0 spiro atoms. The average molecular weight is 371 g/mol. The van der Waals surface area contributed by atoms with Gasteiger partial charge in [0.15, 0.2) is 0 Å². The van der Waals surface area contributed by atoms with Gasteiger partial charge in [-0.2, -0.15) is 4.98 Å². The van der Waals surface area contributed by atoms with E-state index in [-0.39, 0.29) is 17.8 Å². The third-order valence-electron chi connectivity index (χ3n) is 5.89. The Hall–Kier alpha value is -2.24. The summed E-state index contributed by atoms with van der Waals surface area (Å²) in [4.78, 5) is 19.3. The van der Waals surface area contributed by atoms with Gasteiger partial charge in [-0.15, -0.1) is 0 Å². The van der Waals surface area contributed by atoms with Gasteiger partial charge in [-0.1, -0.05) is 30.8 Å². The number of benzene rings is 1. The highest BCUT2D eigenvalue weighted by atomic mass is 19.1. The SMILES string of the molecule is O=C(CCC1CCCC1)N1CCCCC1c1nc(-c2ccc(F)cc2)no1. The van der Waals surface area contributed by atoms with Crippen LogP contribution in [0.2, 0.25) is 0 Å². The van der Waals surface area contributed by atoms with E-state index in [2.05, 4.69) is 10.1 Å². The first-order chi connectivity index (χ1) is 13.2. The van der Waals surface area contributed by atoms with E-state index in [9.17, 15) is 9.18 Å². The fourth-order valence-corrected chi connectivity index (χ4v) is 4.34. The molecular weight excluding hydrogens is 345 g/mol. The van der Waals surface area contributed by atoms with E-state index in [4.69, 9.17) is 4.52 Å². The van der Waals surface area contributed by atoms with Crippen LogP contribution in [0.3, 0.4) is 0 Å². The third-order valence-corrected chi connectivity index (χ3v) is 5.89. The lowest BCUT2D eigenvalue weighted by molar-refractivity contribution is -0.136. The van der Waals surface area contributed by atoms with E-state index in [1.807, 2.05) is 4.90 Å². The van der Waals surface area contributed by atoms with Crippen molar-refractivity contribution >= 4 is 5.91 Å². The van der Waals surface area contributed by atoms with Gasteiger partial charge in [0.2, 0.25) is 17.6 Å². The average Bonchev–Trinajstić information content (AvgIpc) is 3.39. The maximum absolute atomic E-state index is 13.1. The van der Waals surface area contributed by atoms with Crippen LogP contribution in [0, 0.1) is 11.7 Å². The number of amides is 1. The summed E-state index contributed by atoms with van der Waals surface area (Å²) in [6.07, 6.45) is 9.66. The molecule has 27 heavy (non-hydrogen) atoms. The summed E-state index contributed by atoms with van der Waals surface area (Å²) in [5.41, 5.74) is 0.710. The molecule has 2 heterocycles. The Balaban J connectivity index is 1.45. The predicted molar refractivity (Wildman–Crippen MR) is 99.2 cm³/mol. The number of piperidine rings is 1. The third kappa shape index (κ3) is 4.20. The second kappa shape index (κ2) is 8.19. The number of hydrogen-bond donors (Lipinski definition) is 0. The first-order valence-corrected chi connectivity index (χ1v) is 10.1. The summed E-state index contributed by atoms with van der Waals surface area (Å²) in [5.74, 6) is 1.55. The van der Waals surface area contributed by atoms with Crippen molar-refractivity contribution < 1.29 is 13.7 Å². The fraction of sp³-hybridized carbons (Fsp3) is 0.571. The van der Waals surface area contributed by atoms with E-state index in [1.54, 1.807) is 12.1 Å². The van der Waals surface area contributed by atoms with Gasteiger partial charge in [-0.25, -0.2) is 4.39 Å². The largest absolute Gasteiger partial charge is 0.337 e. The Morgan fingerprint density at radius 3 is 2.63 bits per heavy atom. The van der Waals surface area contributed by atoms with Gasteiger partial charge in [0.1, 0.15) is 11.9 Å². The summed E-state index contributed by atoms with van der Waals surface area (Å²) in [6, 6.07) is 5.89. The Kier molecular flexibility index (Phi) is 5.50. The zero-order valence-corrected chi connectivity index (χ0v) is 15.6.